The fourth-order valence-corrected chi connectivity index (χ4v) is 3.98. The molecule has 0 spiro atoms. The molecule has 1 aliphatic heterocycles. The van der Waals surface area contributed by atoms with Gasteiger partial charge in [-0.25, -0.2) is 0 Å². The van der Waals surface area contributed by atoms with Gasteiger partial charge in [-0.05, 0) is 38.5 Å². The molecule has 132 valence electrons. The summed E-state index contributed by atoms with van der Waals surface area (Å²) in [4.78, 5) is 26.6. The second-order valence-electron chi connectivity index (χ2n) is 7.08. The average molecular weight is 327 g/mol. The summed E-state index contributed by atoms with van der Waals surface area (Å²) >= 11 is 0. The third-order valence-electron chi connectivity index (χ3n) is 5.51. The number of ether oxygens (including phenoxy) is 2. The van der Waals surface area contributed by atoms with Crippen LogP contribution in [-0.2, 0) is 19.1 Å². The molecule has 2 rings (SSSR count). The number of nitrogens with zero attached hydrogens (tertiary/aromatic N) is 1. The summed E-state index contributed by atoms with van der Waals surface area (Å²) in [7, 11) is 3.24. The van der Waals surface area contributed by atoms with E-state index in [-0.39, 0.29) is 5.91 Å². The number of carboxylic acid groups (broad SMARTS) is 1. The van der Waals surface area contributed by atoms with E-state index in [2.05, 4.69) is 0 Å². The van der Waals surface area contributed by atoms with Crippen molar-refractivity contribution in [1.82, 2.24) is 4.90 Å². The van der Waals surface area contributed by atoms with Crippen LogP contribution in [-0.4, -0.2) is 62.4 Å². The van der Waals surface area contributed by atoms with Gasteiger partial charge in [-0.1, -0.05) is 6.42 Å². The van der Waals surface area contributed by atoms with E-state index in [0.29, 0.717) is 45.6 Å². The number of rotatable bonds is 8. The molecule has 6 nitrogen and oxygen atoms in total. The minimum absolute atomic E-state index is 0.0858. The van der Waals surface area contributed by atoms with Crippen LogP contribution in [0.4, 0.5) is 0 Å². The third kappa shape index (κ3) is 3.69. The molecule has 23 heavy (non-hydrogen) atoms. The number of amides is 1. The van der Waals surface area contributed by atoms with E-state index in [9.17, 15) is 14.7 Å². The predicted octanol–water partition coefficient (Wildman–Crippen LogP) is 1.92. The summed E-state index contributed by atoms with van der Waals surface area (Å²) in [6.07, 6.45) is 5.37. The number of aliphatic carboxylic acids is 1. The summed E-state index contributed by atoms with van der Waals surface area (Å²) in [6.45, 7) is 1.96. The highest BCUT2D eigenvalue weighted by Crippen LogP contribution is 2.44. The first-order valence-corrected chi connectivity index (χ1v) is 8.50. The Kier molecular flexibility index (Phi) is 6.03. The van der Waals surface area contributed by atoms with E-state index in [1.807, 2.05) is 0 Å². The minimum atomic E-state index is -0.829. The molecule has 0 radical (unpaired) electrons. The summed E-state index contributed by atoms with van der Waals surface area (Å²) in [6, 6.07) is 0. The van der Waals surface area contributed by atoms with Crippen molar-refractivity contribution in [1.29, 1.82) is 0 Å². The van der Waals surface area contributed by atoms with Crippen LogP contribution in [0, 0.1) is 10.8 Å². The number of hydrogen-bond donors (Lipinski definition) is 1. The normalized spacial score (nSPS) is 26.6. The van der Waals surface area contributed by atoms with E-state index in [4.69, 9.17) is 9.47 Å². The number of carboxylic acids is 1. The molecule has 2 aliphatic rings. The zero-order chi connectivity index (χ0) is 16.9. The molecule has 1 aliphatic carbocycles. The van der Waals surface area contributed by atoms with Gasteiger partial charge in [-0.15, -0.1) is 0 Å². The van der Waals surface area contributed by atoms with Gasteiger partial charge >= 0.3 is 5.97 Å². The lowest BCUT2D eigenvalue weighted by Crippen LogP contribution is -2.56. The van der Waals surface area contributed by atoms with Crippen LogP contribution < -0.4 is 0 Å². The fourth-order valence-electron chi connectivity index (χ4n) is 3.98. The topological polar surface area (TPSA) is 76.1 Å². The van der Waals surface area contributed by atoms with Crippen molar-refractivity contribution in [3.63, 3.8) is 0 Å². The van der Waals surface area contributed by atoms with Gasteiger partial charge in [-0.2, -0.15) is 0 Å². The number of hydrogen-bond acceptors (Lipinski definition) is 4. The Balaban J connectivity index is 2.08. The molecule has 0 aromatic carbocycles. The van der Waals surface area contributed by atoms with Crippen molar-refractivity contribution >= 4 is 11.9 Å². The molecule has 1 N–H and O–H groups in total. The molecule has 0 aromatic heterocycles. The van der Waals surface area contributed by atoms with Gasteiger partial charge < -0.3 is 19.5 Å². The lowest BCUT2D eigenvalue weighted by Gasteiger charge is -2.47. The maximum Gasteiger partial charge on any atom is 0.311 e. The lowest BCUT2D eigenvalue weighted by molar-refractivity contribution is -0.163. The van der Waals surface area contributed by atoms with Gasteiger partial charge in [0.15, 0.2) is 0 Å². The molecular formula is C17H29NO5. The Bertz CT molecular complexity index is 435. The van der Waals surface area contributed by atoms with E-state index in [0.717, 1.165) is 25.7 Å². The van der Waals surface area contributed by atoms with Crippen molar-refractivity contribution in [2.45, 2.75) is 44.9 Å². The number of carbonyl (C=O) groups is 2. The molecule has 1 saturated heterocycles. The van der Waals surface area contributed by atoms with Crippen LogP contribution >= 0.6 is 0 Å². The average Bonchev–Trinajstić information content (AvgIpc) is 2.50. The standard InChI is InChI=1S/C17H29NO5/c1-22-11-5-9-16(15(20)21)8-4-10-18(12-16)14(19)17(13-23-2)6-3-7-17/h3-13H2,1-2H3,(H,20,21)/t16-/m1/s1. The van der Waals surface area contributed by atoms with Crippen LogP contribution in [0.15, 0.2) is 0 Å². The first kappa shape index (κ1) is 18.2. The van der Waals surface area contributed by atoms with Gasteiger partial charge in [0.1, 0.15) is 0 Å². The SMILES string of the molecule is COCCC[C@]1(C(=O)O)CCCN(C(=O)C2(COC)CCC2)C1. The Morgan fingerprint density at radius 3 is 2.30 bits per heavy atom. The molecule has 1 heterocycles. The highest BCUT2D eigenvalue weighted by atomic mass is 16.5. The van der Waals surface area contributed by atoms with Crippen molar-refractivity contribution in [3.05, 3.63) is 0 Å². The quantitative estimate of drug-likeness (QED) is 0.689. The Labute approximate surface area is 138 Å². The Morgan fingerprint density at radius 2 is 1.78 bits per heavy atom. The summed E-state index contributed by atoms with van der Waals surface area (Å²) in [5.41, 5.74) is -1.24. The summed E-state index contributed by atoms with van der Waals surface area (Å²) in [5, 5.41) is 9.76. The van der Waals surface area contributed by atoms with Crippen molar-refractivity contribution in [2.24, 2.45) is 10.8 Å². The zero-order valence-electron chi connectivity index (χ0n) is 14.3. The molecule has 1 amide bonds. The van der Waals surface area contributed by atoms with Crippen LogP contribution in [0.3, 0.4) is 0 Å². The van der Waals surface area contributed by atoms with Crippen LogP contribution in [0.25, 0.3) is 0 Å². The van der Waals surface area contributed by atoms with E-state index >= 15 is 0 Å². The van der Waals surface area contributed by atoms with E-state index in [1.54, 1.807) is 19.1 Å². The van der Waals surface area contributed by atoms with Gasteiger partial charge in [0.05, 0.1) is 17.4 Å². The maximum absolute atomic E-state index is 13.0. The van der Waals surface area contributed by atoms with Crippen molar-refractivity contribution in [3.8, 4) is 0 Å². The van der Waals surface area contributed by atoms with Crippen LogP contribution in [0.2, 0.25) is 0 Å². The highest BCUT2D eigenvalue weighted by Gasteiger charge is 2.50. The molecule has 1 atom stereocenters. The molecule has 6 heteroatoms. The van der Waals surface area contributed by atoms with Crippen LogP contribution in [0.1, 0.15) is 44.9 Å². The largest absolute Gasteiger partial charge is 0.481 e. The number of methoxy groups -OCH3 is 2. The molecule has 0 aromatic rings. The molecule has 2 fully saturated rings. The first-order chi connectivity index (χ1) is 11.0. The molecule has 0 bridgehead atoms. The Hall–Kier alpha value is -1.14. The second-order valence-corrected chi connectivity index (χ2v) is 7.08. The van der Waals surface area contributed by atoms with Crippen LogP contribution in [0.5, 0.6) is 0 Å². The molecule has 0 unspecified atom stereocenters. The summed E-state index contributed by atoms with van der Waals surface area (Å²) < 4.78 is 10.3. The lowest BCUT2D eigenvalue weighted by atomic mass is 9.67. The van der Waals surface area contributed by atoms with Crippen molar-refractivity contribution < 1.29 is 24.2 Å². The Morgan fingerprint density at radius 1 is 1.09 bits per heavy atom. The van der Waals surface area contributed by atoms with Gasteiger partial charge in [0.25, 0.3) is 0 Å². The molecule has 1 saturated carbocycles. The van der Waals surface area contributed by atoms with Crippen molar-refractivity contribution in [2.75, 3.05) is 40.5 Å². The number of carbonyl (C=O) groups excluding carboxylic acids is 1. The predicted molar refractivity (Wildman–Crippen MR) is 85.2 cm³/mol. The molecular weight excluding hydrogens is 298 g/mol. The van der Waals surface area contributed by atoms with Gasteiger partial charge in [0, 0.05) is 33.9 Å². The zero-order valence-corrected chi connectivity index (χ0v) is 14.3. The number of likely N-dealkylation sites (tertiary alicyclic amines) is 1. The fraction of sp³-hybridized carbons (Fsp3) is 0.882. The highest BCUT2D eigenvalue weighted by molar-refractivity contribution is 5.85. The maximum atomic E-state index is 13.0. The minimum Gasteiger partial charge on any atom is -0.481 e. The third-order valence-corrected chi connectivity index (χ3v) is 5.51. The second kappa shape index (κ2) is 7.62. The van der Waals surface area contributed by atoms with E-state index < -0.39 is 16.8 Å². The van der Waals surface area contributed by atoms with Gasteiger partial charge in [-0.3, -0.25) is 9.59 Å². The number of piperidine rings is 1. The summed E-state index contributed by atoms with van der Waals surface area (Å²) in [5.74, 6) is -0.705. The van der Waals surface area contributed by atoms with Gasteiger partial charge in [0.2, 0.25) is 5.91 Å². The smallest absolute Gasteiger partial charge is 0.311 e. The monoisotopic (exact) mass is 327 g/mol. The van der Waals surface area contributed by atoms with E-state index in [1.165, 1.54) is 0 Å². The first-order valence-electron chi connectivity index (χ1n) is 8.50.